The minimum Gasteiger partial charge on any atom is -0.444 e. The molecule has 0 aliphatic rings. The van der Waals surface area contributed by atoms with Crippen molar-refractivity contribution in [1.82, 2.24) is 10.6 Å². The molecule has 0 saturated heterocycles. The third-order valence-electron chi connectivity index (χ3n) is 2.80. The van der Waals surface area contributed by atoms with Gasteiger partial charge in [0, 0.05) is 13.1 Å². The Hall–Kier alpha value is -2.48. The number of hydrogen-bond donors (Lipinski definition) is 2. The first-order valence-electron chi connectivity index (χ1n) is 7.55. The minimum atomic E-state index is -0.488. The first kappa shape index (κ1) is 18.6. The molecular weight excluding hydrogens is 292 g/mol. The lowest BCUT2D eigenvalue weighted by molar-refractivity contribution is -0.115. The van der Waals surface area contributed by atoms with Crippen molar-refractivity contribution in [3.63, 3.8) is 0 Å². The number of ether oxygens (including phenoxy) is 1. The summed E-state index contributed by atoms with van der Waals surface area (Å²) in [4.78, 5) is 22.8. The summed E-state index contributed by atoms with van der Waals surface area (Å²) >= 11 is 0. The quantitative estimate of drug-likeness (QED) is 0.820. The summed E-state index contributed by atoms with van der Waals surface area (Å²) in [5.41, 5.74) is 1.61. The van der Waals surface area contributed by atoms with Gasteiger partial charge >= 0.3 is 6.09 Å². The van der Waals surface area contributed by atoms with Crippen LogP contribution >= 0.6 is 0 Å². The van der Waals surface area contributed by atoms with Crippen molar-refractivity contribution in [2.75, 3.05) is 6.54 Å². The van der Waals surface area contributed by atoms with E-state index < -0.39 is 11.7 Å². The van der Waals surface area contributed by atoms with Crippen LogP contribution in [-0.4, -0.2) is 24.1 Å². The number of amides is 2. The maximum absolute atomic E-state index is 11.5. The molecule has 5 nitrogen and oxygen atoms in total. The number of hydrogen-bond acceptors (Lipinski definition) is 3. The number of nitrogens with one attached hydrogen (secondary N) is 2. The Labute approximate surface area is 137 Å². The number of alkyl carbamates (subject to hydrolysis) is 1. The van der Waals surface area contributed by atoms with Crippen LogP contribution in [0, 0.1) is 11.8 Å². The van der Waals surface area contributed by atoms with Gasteiger partial charge in [-0.3, -0.25) is 4.79 Å². The molecule has 1 aromatic carbocycles. The van der Waals surface area contributed by atoms with E-state index in [0.717, 1.165) is 11.1 Å². The fraction of sp³-hybridized carbons (Fsp3) is 0.444. The van der Waals surface area contributed by atoms with Crippen LogP contribution in [0.1, 0.15) is 38.8 Å². The largest absolute Gasteiger partial charge is 0.444 e. The number of carbonyl (C=O) groups excluding carboxylic acids is 2. The smallest absolute Gasteiger partial charge is 0.407 e. The topological polar surface area (TPSA) is 67.4 Å². The predicted octanol–water partition coefficient (Wildman–Crippen LogP) is 2.39. The Morgan fingerprint density at radius 1 is 1.09 bits per heavy atom. The van der Waals surface area contributed by atoms with Crippen LogP contribution in [0.5, 0.6) is 0 Å². The zero-order chi connectivity index (χ0) is 17.3. The van der Waals surface area contributed by atoms with E-state index in [0.29, 0.717) is 19.5 Å². The molecule has 0 aliphatic carbocycles. The average molecular weight is 316 g/mol. The summed E-state index contributed by atoms with van der Waals surface area (Å²) in [6.45, 7) is 8.07. The molecule has 0 saturated carbocycles. The van der Waals surface area contributed by atoms with Gasteiger partial charge in [0.1, 0.15) is 5.60 Å². The van der Waals surface area contributed by atoms with Gasteiger partial charge in [-0.1, -0.05) is 30.2 Å². The van der Waals surface area contributed by atoms with Crippen LogP contribution in [0.25, 0.3) is 0 Å². The molecule has 0 bridgehead atoms. The maximum atomic E-state index is 11.5. The normalized spacial score (nSPS) is 10.3. The summed E-state index contributed by atoms with van der Waals surface area (Å²) in [6.07, 6.45) is 0.307. The molecule has 2 amide bonds. The van der Waals surface area contributed by atoms with Crippen LogP contribution in [-0.2, 0) is 22.5 Å². The van der Waals surface area contributed by atoms with E-state index in [1.54, 1.807) is 6.92 Å². The molecule has 0 aliphatic heterocycles. The lowest BCUT2D eigenvalue weighted by atomic mass is 10.1. The molecule has 0 radical (unpaired) electrons. The van der Waals surface area contributed by atoms with Gasteiger partial charge in [0.2, 0.25) is 0 Å². The highest BCUT2D eigenvalue weighted by molar-refractivity contribution is 5.93. The summed E-state index contributed by atoms with van der Waals surface area (Å²) in [5, 5.41) is 5.44. The fourth-order valence-electron chi connectivity index (χ4n) is 1.79. The van der Waals surface area contributed by atoms with Gasteiger partial charge in [-0.25, -0.2) is 4.79 Å². The summed E-state index contributed by atoms with van der Waals surface area (Å²) < 4.78 is 5.17. The molecule has 0 heterocycles. The average Bonchev–Trinajstić information content (AvgIpc) is 2.45. The van der Waals surface area contributed by atoms with E-state index in [1.807, 2.05) is 45.0 Å². The second-order valence-electron chi connectivity index (χ2n) is 6.05. The molecule has 0 fully saturated rings. The molecule has 2 N–H and O–H groups in total. The Balaban J connectivity index is 2.35. The van der Waals surface area contributed by atoms with Crippen molar-refractivity contribution in [2.45, 2.75) is 46.3 Å². The van der Waals surface area contributed by atoms with Gasteiger partial charge < -0.3 is 15.4 Å². The Morgan fingerprint density at radius 2 is 1.70 bits per heavy atom. The first-order valence-corrected chi connectivity index (χ1v) is 7.55. The Kier molecular flexibility index (Phi) is 7.14. The fourth-order valence-corrected chi connectivity index (χ4v) is 1.79. The van der Waals surface area contributed by atoms with Gasteiger partial charge in [0.15, 0.2) is 0 Å². The Bertz CT molecular complexity index is 589. The van der Waals surface area contributed by atoms with E-state index in [9.17, 15) is 9.59 Å². The van der Waals surface area contributed by atoms with E-state index in [1.165, 1.54) is 0 Å². The van der Waals surface area contributed by atoms with Crippen molar-refractivity contribution >= 4 is 12.0 Å². The van der Waals surface area contributed by atoms with Crippen molar-refractivity contribution in [3.8, 4) is 11.8 Å². The van der Waals surface area contributed by atoms with Crippen LogP contribution in [0.4, 0.5) is 4.79 Å². The minimum absolute atomic E-state index is 0.280. The van der Waals surface area contributed by atoms with Crippen LogP contribution in [0.3, 0.4) is 0 Å². The second kappa shape index (κ2) is 8.84. The van der Waals surface area contributed by atoms with E-state index in [4.69, 9.17) is 4.74 Å². The first-order chi connectivity index (χ1) is 10.8. The van der Waals surface area contributed by atoms with Gasteiger partial charge in [0.05, 0.1) is 0 Å². The van der Waals surface area contributed by atoms with Crippen LogP contribution in [0.15, 0.2) is 24.3 Å². The highest BCUT2D eigenvalue weighted by Crippen LogP contribution is 2.07. The molecule has 1 aromatic rings. The third-order valence-corrected chi connectivity index (χ3v) is 2.80. The maximum Gasteiger partial charge on any atom is 0.407 e. The third kappa shape index (κ3) is 8.52. The lowest BCUT2D eigenvalue weighted by Crippen LogP contribution is -2.33. The standard InChI is InChI=1S/C18H24N2O3/c1-5-6-16(21)20-13-15-9-7-14(8-10-15)11-12-19-17(22)23-18(2,3)4/h7-10H,11-13H2,1-4H3,(H,19,22)(H,20,21). The molecule has 1 rings (SSSR count). The van der Waals surface area contributed by atoms with Gasteiger partial charge in [-0.15, -0.1) is 0 Å². The summed E-state index contributed by atoms with van der Waals surface area (Å²) in [7, 11) is 0. The molecule has 0 atom stereocenters. The van der Waals surface area contributed by atoms with Crippen LogP contribution < -0.4 is 10.6 Å². The second-order valence-corrected chi connectivity index (χ2v) is 6.05. The lowest BCUT2D eigenvalue weighted by Gasteiger charge is -2.19. The van der Waals surface area contributed by atoms with Gasteiger partial charge in [-0.2, -0.15) is 0 Å². The monoisotopic (exact) mass is 316 g/mol. The highest BCUT2D eigenvalue weighted by atomic mass is 16.6. The van der Waals surface area contributed by atoms with Gasteiger partial charge in [0.25, 0.3) is 5.91 Å². The molecule has 124 valence electrons. The summed E-state index contributed by atoms with van der Waals surface area (Å²) in [6, 6.07) is 7.85. The Morgan fingerprint density at radius 3 is 2.26 bits per heavy atom. The molecule has 23 heavy (non-hydrogen) atoms. The van der Waals surface area contributed by atoms with E-state index in [-0.39, 0.29) is 5.91 Å². The zero-order valence-electron chi connectivity index (χ0n) is 14.2. The molecule has 0 unspecified atom stereocenters. The van der Waals surface area contributed by atoms with Gasteiger partial charge in [-0.05, 0) is 51.2 Å². The van der Waals surface area contributed by atoms with Crippen molar-refractivity contribution in [3.05, 3.63) is 35.4 Å². The molecule has 0 aromatic heterocycles. The van der Waals surface area contributed by atoms with E-state index >= 15 is 0 Å². The number of benzene rings is 1. The van der Waals surface area contributed by atoms with E-state index in [2.05, 4.69) is 22.5 Å². The predicted molar refractivity (Wildman–Crippen MR) is 89.7 cm³/mol. The summed E-state index contributed by atoms with van der Waals surface area (Å²) in [5.74, 6) is 4.70. The number of rotatable bonds is 5. The van der Waals surface area contributed by atoms with Crippen molar-refractivity contribution in [2.24, 2.45) is 0 Å². The highest BCUT2D eigenvalue weighted by Gasteiger charge is 2.15. The number of carbonyl (C=O) groups is 2. The molecule has 0 spiro atoms. The van der Waals surface area contributed by atoms with Crippen LogP contribution in [0.2, 0.25) is 0 Å². The molecular formula is C18H24N2O3. The van der Waals surface area contributed by atoms with Crippen molar-refractivity contribution in [1.29, 1.82) is 0 Å². The molecule has 5 heteroatoms. The van der Waals surface area contributed by atoms with Crippen molar-refractivity contribution < 1.29 is 14.3 Å². The SMILES string of the molecule is CC#CC(=O)NCc1ccc(CCNC(=O)OC(C)(C)C)cc1. The zero-order valence-corrected chi connectivity index (χ0v) is 14.2.